The van der Waals surface area contributed by atoms with Crippen LogP contribution in [0.25, 0.3) is 10.9 Å². The number of aromatic amines is 1. The molecule has 0 atom stereocenters. The molecule has 0 bridgehead atoms. The van der Waals surface area contributed by atoms with E-state index in [1.54, 1.807) is 18.5 Å². The molecule has 30 heavy (non-hydrogen) atoms. The molecule has 2 heterocycles. The number of carbonyl (C=O) groups excluding carboxylic acids is 1. The maximum Gasteiger partial charge on any atom is 0.226 e. The van der Waals surface area contributed by atoms with Crippen molar-refractivity contribution in [3.8, 4) is 0 Å². The highest BCUT2D eigenvalue weighted by Gasteiger charge is 2.31. The standard InChI is InChI=1S/C25H22FN3O/c26-22-7-8-24-23(12-22)21(14-28-24)16-29(15-17-4-3-9-27-13-17)25(30)20-10-18-5-1-2-6-19(18)11-20/h1-9,12-14,20,28H,10-11,15-16H2. The molecule has 4 nitrogen and oxygen atoms in total. The second kappa shape index (κ2) is 7.75. The summed E-state index contributed by atoms with van der Waals surface area (Å²) < 4.78 is 13.8. The van der Waals surface area contributed by atoms with E-state index >= 15 is 0 Å². The van der Waals surface area contributed by atoms with Crippen LogP contribution in [0, 0.1) is 11.7 Å². The van der Waals surface area contributed by atoms with Crippen molar-refractivity contribution in [3.05, 3.63) is 101 Å². The van der Waals surface area contributed by atoms with Crippen LogP contribution in [0.3, 0.4) is 0 Å². The quantitative estimate of drug-likeness (QED) is 0.531. The van der Waals surface area contributed by atoms with Gasteiger partial charge in [0, 0.05) is 48.5 Å². The highest BCUT2D eigenvalue weighted by molar-refractivity contribution is 5.85. The lowest BCUT2D eigenvalue weighted by molar-refractivity contribution is -0.136. The molecule has 5 rings (SSSR count). The number of nitrogens with one attached hydrogen (secondary N) is 1. The molecule has 150 valence electrons. The fourth-order valence-electron chi connectivity index (χ4n) is 4.40. The summed E-state index contributed by atoms with van der Waals surface area (Å²) in [6.07, 6.45) is 6.92. The number of aromatic nitrogens is 2. The summed E-state index contributed by atoms with van der Waals surface area (Å²) in [5, 5.41) is 0.814. The van der Waals surface area contributed by atoms with Crippen LogP contribution in [0.5, 0.6) is 0 Å². The lowest BCUT2D eigenvalue weighted by Gasteiger charge is -2.26. The first kappa shape index (κ1) is 18.6. The third-order valence-electron chi connectivity index (χ3n) is 5.90. The van der Waals surface area contributed by atoms with Crippen molar-refractivity contribution in [2.75, 3.05) is 0 Å². The fourth-order valence-corrected chi connectivity index (χ4v) is 4.40. The molecule has 0 radical (unpaired) electrons. The number of rotatable bonds is 5. The largest absolute Gasteiger partial charge is 0.361 e. The van der Waals surface area contributed by atoms with E-state index in [9.17, 15) is 9.18 Å². The summed E-state index contributed by atoms with van der Waals surface area (Å²) >= 11 is 0. The second-order valence-corrected chi connectivity index (χ2v) is 7.93. The van der Waals surface area contributed by atoms with Crippen LogP contribution >= 0.6 is 0 Å². The van der Waals surface area contributed by atoms with Crippen molar-refractivity contribution < 1.29 is 9.18 Å². The molecule has 1 aliphatic rings. The molecule has 2 aromatic carbocycles. The van der Waals surface area contributed by atoms with Crippen molar-refractivity contribution in [2.45, 2.75) is 25.9 Å². The monoisotopic (exact) mass is 399 g/mol. The van der Waals surface area contributed by atoms with Crippen molar-refractivity contribution >= 4 is 16.8 Å². The number of carbonyl (C=O) groups is 1. The molecule has 0 aliphatic heterocycles. The second-order valence-electron chi connectivity index (χ2n) is 7.93. The van der Waals surface area contributed by atoms with E-state index in [0.29, 0.717) is 13.1 Å². The number of H-pyrrole nitrogens is 1. The Kier molecular flexibility index (Phi) is 4.79. The first-order valence-electron chi connectivity index (χ1n) is 10.2. The molecule has 5 heteroatoms. The minimum Gasteiger partial charge on any atom is -0.361 e. The van der Waals surface area contributed by atoms with Gasteiger partial charge in [-0.3, -0.25) is 9.78 Å². The number of hydrogen-bond acceptors (Lipinski definition) is 2. The zero-order valence-corrected chi connectivity index (χ0v) is 16.5. The van der Waals surface area contributed by atoms with E-state index < -0.39 is 0 Å². The molecule has 2 aromatic heterocycles. The van der Waals surface area contributed by atoms with Gasteiger partial charge in [-0.05, 0) is 59.4 Å². The molecule has 0 spiro atoms. The lowest BCUT2D eigenvalue weighted by Crippen LogP contribution is -2.35. The van der Waals surface area contributed by atoms with Gasteiger partial charge in [0.05, 0.1) is 0 Å². The smallest absolute Gasteiger partial charge is 0.226 e. The van der Waals surface area contributed by atoms with Gasteiger partial charge < -0.3 is 9.88 Å². The van der Waals surface area contributed by atoms with E-state index in [4.69, 9.17) is 0 Å². The van der Waals surface area contributed by atoms with Gasteiger partial charge in [0.1, 0.15) is 5.82 Å². The number of halogens is 1. The zero-order chi connectivity index (χ0) is 20.5. The molecule has 0 saturated carbocycles. The predicted octanol–water partition coefficient (Wildman–Crippen LogP) is 4.65. The molecule has 1 aliphatic carbocycles. The van der Waals surface area contributed by atoms with Gasteiger partial charge in [0.25, 0.3) is 0 Å². The van der Waals surface area contributed by atoms with E-state index in [1.807, 2.05) is 35.4 Å². The Bertz CT molecular complexity index is 1180. The highest BCUT2D eigenvalue weighted by Crippen LogP contribution is 2.29. The average Bonchev–Trinajstić information content (AvgIpc) is 3.37. The SMILES string of the molecule is O=C(C1Cc2ccccc2C1)N(Cc1cccnc1)Cc1c[nH]c2ccc(F)cc12. The summed E-state index contributed by atoms with van der Waals surface area (Å²) in [5.74, 6) is -0.221. The number of fused-ring (bicyclic) bond motifs is 2. The molecule has 1 N–H and O–H groups in total. The van der Waals surface area contributed by atoms with Gasteiger partial charge in [-0.2, -0.15) is 0 Å². The Labute approximate surface area is 174 Å². The molecular formula is C25H22FN3O. The van der Waals surface area contributed by atoms with Crippen LogP contribution in [0.2, 0.25) is 0 Å². The molecule has 0 unspecified atom stereocenters. The Balaban J connectivity index is 1.44. The van der Waals surface area contributed by atoms with Gasteiger partial charge in [-0.25, -0.2) is 4.39 Å². The minimum atomic E-state index is -0.278. The van der Waals surface area contributed by atoms with Crippen molar-refractivity contribution in [3.63, 3.8) is 0 Å². The molecule has 0 saturated heterocycles. The van der Waals surface area contributed by atoms with Gasteiger partial charge in [-0.1, -0.05) is 30.3 Å². The maximum atomic E-state index is 13.8. The number of nitrogens with zero attached hydrogens (tertiary/aromatic N) is 2. The van der Waals surface area contributed by atoms with Crippen molar-refractivity contribution in [1.29, 1.82) is 0 Å². The molecule has 0 fully saturated rings. The lowest BCUT2D eigenvalue weighted by atomic mass is 10.0. The van der Waals surface area contributed by atoms with Crippen LogP contribution in [0.15, 0.2) is 73.2 Å². The number of amides is 1. The van der Waals surface area contributed by atoms with Crippen molar-refractivity contribution in [1.82, 2.24) is 14.9 Å². The van der Waals surface area contributed by atoms with Gasteiger partial charge >= 0.3 is 0 Å². The van der Waals surface area contributed by atoms with Crippen LogP contribution in [0.4, 0.5) is 4.39 Å². The summed E-state index contributed by atoms with van der Waals surface area (Å²) in [5.41, 5.74) is 5.27. The van der Waals surface area contributed by atoms with Gasteiger partial charge in [0.15, 0.2) is 0 Å². The summed E-state index contributed by atoms with van der Waals surface area (Å²) in [6.45, 7) is 0.894. The van der Waals surface area contributed by atoms with E-state index in [0.717, 1.165) is 34.9 Å². The average molecular weight is 399 g/mol. The third-order valence-corrected chi connectivity index (χ3v) is 5.90. The molecule has 1 amide bonds. The van der Waals surface area contributed by atoms with Gasteiger partial charge in [0.2, 0.25) is 5.91 Å². The Morgan fingerprint density at radius 3 is 2.60 bits per heavy atom. The van der Waals surface area contributed by atoms with Crippen LogP contribution in [-0.4, -0.2) is 20.8 Å². The minimum absolute atomic E-state index is 0.0685. The maximum absolute atomic E-state index is 13.8. The zero-order valence-electron chi connectivity index (χ0n) is 16.5. The number of benzene rings is 2. The predicted molar refractivity (Wildman–Crippen MR) is 114 cm³/mol. The summed E-state index contributed by atoms with van der Waals surface area (Å²) in [4.78, 5) is 22.8. The topological polar surface area (TPSA) is 49.0 Å². The first-order valence-corrected chi connectivity index (χ1v) is 10.2. The fraction of sp³-hybridized carbons (Fsp3) is 0.200. The van der Waals surface area contributed by atoms with Crippen molar-refractivity contribution in [2.24, 2.45) is 5.92 Å². The number of hydrogen-bond donors (Lipinski definition) is 1. The summed E-state index contributed by atoms with van der Waals surface area (Å²) in [6, 6.07) is 16.8. The van der Waals surface area contributed by atoms with E-state index in [-0.39, 0.29) is 17.6 Å². The number of pyridine rings is 1. The Hall–Kier alpha value is -3.47. The summed E-state index contributed by atoms with van der Waals surface area (Å²) in [7, 11) is 0. The molecule has 4 aromatic rings. The normalized spacial score (nSPS) is 13.5. The van der Waals surface area contributed by atoms with Crippen LogP contribution in [0.1, 0.15) is 22.3 Å². The van der Waals surface area contributed by atoms with Gasteiger partial charge in [-0.15, -0.1) is 0 Å². The Morgan fingerprint density at radius 1 is 1.07 bits per heavy atom. The van der Waals surface area contributed by atoms with E-state index in [2.05, 4.69) is 22.1 Å². The van der Waals surface area contributed by atoms with Crippen LogP contribution < -0.4 is 0 Å². The van der Waals surface area contributed by atoms with Crippen LogP contribution in [-0.2, 0) is 30.7 Å². The third kappa shape index (κ3) is 3.59. The molecular weight excluding hydrogens is 377 g/mol. The van der Waals surface area contributed by atoms with E-state index in [1.165, 1.54) is 23.3 Å². The highest BCUT2D eigenvalue weighted by atomic mass is 19.1. The Morgan fingerprint density at radius 2 is 1.87 bits per heavy atom. The first-order chi connectivity index (χ1) is 14.7.